The summed E-state index contributed by atoms with van der Waals surface area (Å²) in [5.74, 6) is -0.0382. The van der Waals surface area contributed by atoms with E-state index in [0.29, 0.717) is 25.3 Å². The molecule has 7 heteroatoms. The first-order chi connectivity index (χ1) is 15.1. The lowest BCUT2D eigenvalue weighted by Crippen LogP contribution is -2.51. The quantitative estimate of drug-likeness (QED) is 0.539. The van der Waals surface area contributed by atoms with Gasteiger partial charge in [0.25, 0.3) is 5.91 Å². The van der Waals surface area contributed by atoms with Crippen LogP contribution < -0.4 is 10.6 Å². The van der Waals surface area contributed by atoms with Gasteiger partial charge in [-0.1, -0.05) is 12.1 Å². The van der Waals surface area contributed by atoms with Gasteiger partial charge in [-0.25, -0.2) is 0 Å². The Bertz CT molecular complexity index is 858. The predicted octanol–water partition coefficient (Wildman–Crippen LogP) is 3.21. The minimum absolute atomic E-state index is 0.0278. The normalized spacial score (nSPS) is 27.0. The zero-order valence-corrected chi connectivity index (χ0v) is 19.4. The monoisotopic (exact) mass is 441 g/mol. The van der Waals surface area contributed by atoms with Crippen molar-refractivity contribution >= 4 is 23.5 Å². The number of benzene rings is 1. The number of carbonyl (C=O) groups excluding carboxylic acids is 3. The summed E-state index contributed by atoms with van der Waals surface area (Å²) in [4.78, 5) is 39.0. The molecule has 174 valence electrons. The average molecular weight is 442 g/mol. The molecule has 32 heavy (non-hydrogen) atoms. The van der Waals surface area contributed by atoms with Crippen molar-refractivity contribution in [2.45, 2.75) is 76.4 Å². The number of amides is 2. The van der Waals surface area contributed by atoms with Gasteiger partial charge < -0.3 is 10.1 Å². The van der Waals surface area contributed by atoms with Crippen molar-refractivity contribution < 1.29 is 19.1 Å². The van der Waals surface area contributed by atoms with Gasteiger partial charge >= 0.3 is 5.97 Å². The second-order valence-corrected chi connectivity index (χ2v) is 10.6. The Morgan fingerprint density at radius 2 is 1.69 bits per heavy atom. The number of esters is 1. The molecular formula is C25H35N3O4. The summed E-state index contributed by atoms with van der Waals surface area (Å²) in [5, 5.41) is 6.03. The number of ether oxygens (including phenoxy) is 1. The highest BCUT2D eigenvalue weighted by Gasteiger charge is 2.47. The van der Waals surface area contributed by atoms with Crippen molar-refractivity contribution in [3.8, 4) is 0 Å². The smallest absolute Gasteiger partial charge is 0.320 e. The summed E-state index contributed by atoms with van der Waals surface area (Å²) in [5.41, 5.74) is 1.07. The fourth-order valence-corrected chi connectivity index (χ4v) is 5.21. The summed E-state index contributed by atoms with van der Waals surface area (Å²) in [6.07, 6.45) is 4.89. The number of hydrogen-bond donors (Lipinski definition) is 2. The number of nitrogens with one attached hydrogen (secondary N) is 2. The van der Waals surface area contributed by atoms with Crippen molar-refractivity contribution in [2.24, 2.45) is 5.92 Å². The van der Waals surface area contributed by atoms with Crippen LogP contribution in [0.3, 0.4) is 0 Å². The van der Waals surface area contributed by atoms with Crippen molar-refractivity contribution in [3.05, 3.63) is 29.8 Å². The van der Waals surface area contributed by atoms with E-state index in [1.54, 1.807) is 0 Å². The Labute approximate surface area is 190 Å². The Kier molecular flexibility index (Phi) is 6.30. The van der Waals surface area contributed by atoms with Crippen LogP contribution in [-0.2, 0) is 19.1 Å². The largest absolute Gasteiger partial charge is 0.459 e. The van der Waals surface area contributed by atoms with E-state index >= 15 is 0 Å². The topological polar surface area (TPSA) is 87.7 Å². The zero-order valence-electron chi connectivity index (χ0n) is 19.4. The first-order valence-electron chi connectivity index (χ1n) is 11.8. The third-order valence-corrected chi connectivity index (χ3v) is 7.01. The molecule has 3 heterocycles. The summed E-state index contributed by atoms with van der Waals surface area (Å²) < 4.78 is 5.43. The molecule has 7 nitrogen and oxygen atoms in total. The van der Waals surface area contributed by atoms with E-state index in [-0.39, 0.29) is 23.7 Å². The minimum Gasteiger partial charge on any atom is -0.459 e. The van der Waals surface area contributed by atoms with E-state index in [4.69, 9.17) is 4.74 Å². The fourth-order valence-electron chi connectivity index (χ4n) is 5.21. The lowest BCUT2D eigenvalue weighted by Gasteiger charge is -2.35. The molecule has 0 radical (unpaired) electrons. The Hall–Kier alpha value is -2.41. The second-order valence-electron chi connectivity index (χ2n) is 10.6. The van der Waals surface area contributed by atoms with Crippen molar-refractivity contribution in [2.75, 3.05) is 25.0 Å². The fraction of sp³-hybridized carbons (Fsp3) is 0.640. The van der Waals surface area contributed by atoms with E-state index in [9.17, 15) is 14.4 Å². The number of anilines is 1. The van der Waals surface area contributed by atoms with Crippen molar-refractivity contribution in [1.82, 2.24) is 10.2 Å². The summed E-state index contributed by atoms with van der Waals surface area (Å²) in [7, 11) is 0. The van der Waals surface area contributed by atoms with Crippen LogP contribution in [0.15, 0.2) is 24.3 Å². The second kappa shape index (κ2) is 8.85. The highest BCUT2D eigenvalue weighted by atomic mass is 16.6. The molecule has 2 N–H and O–H groups in total. The Balaban J connectivity index is 1.31. The number of rotatable bonds is 5. The number of likely N-dealkylation sites (tertiary alicyclic amines) is 1. The SMILES string of the molecule is CC(C)(C)OC(=O)CN1CCC(c2ccc(NC34CCC(CC3)C(=O)NC4=O)cc2)CC1. The van der Waals surface area contributed by atoms with Crippen LogP contribution in [0.4, 0.5) is 5.69 Å². The standard InChI is InChI=1S/C25H35N3O4/c1-24(2,3)32-21(29)16-28-14-10-18(11-15-28)17-4-6-20(7-5-17)27-25-12-8-19(9-13-25)22(30)26-23(25)31/h4-7,18-19,27H,8-16H2,1-3H3,(H,26,30,31). The van der Waals surface area contributed by atoms with E-state index in [1.165, 1.54) is 5.56 Å². The van der Waals surface area contributed by atoms with E-state index < -0.39 is 11.1 Å². The van der Waals surface area contributed by atoms with Gasteiger partial charge in [0.1, 0.15) is 11.1 Å². The molecule has 4 aliphatic rings. The van der Waals surface area contributed by atoms with Gasteiger partial charge in [0, 0.05) is 11.6 Å². The van der Waals surface area contributed by atoms with Crippen LogP contribution in [0, 0.1) is 5.92 Å². The Morgan fingerprint density at radius 3 is 2.28 bits per heavy atom. The van der Waals surface area contributed by atoms with Crippen LogP contribution in [0.1, 0.15) is 70.8 Å². The number of hydrogen-bond acceptors (Lipinski definition) is 6. The Morgan fingerprint density at radius 1 is 1.06 bits per heavy atom. The highest BCUT2D eigenvalue weighted by Crippen LogP contribution is 2.38. The van der Waals surface area contributed by atoms with Gasteiger partial charge in [-0.15, -0.1) is 0 Å². The first kappa shape index (κ1) is 22.8. The molecule has 1 aromatic rings. The molecule has 0 aromatic heterocycles. The summed E-state index contributed by atoms with van der Waals surface area (Å²) in [6.45, 7) is 7.77. The van der Waals surface area contributed by atoms with Gasteiger partial charge in [-0.05, 0) is 96.0 Å². The molecule has 1 aromatic carbocycles. The molecule has 0 unspecified atom stereocenters. The number of carbonyl (C=O) groups is 3. The molecule has 1 saturated carbocycles. The molecule has 4 fully saturated rings. The maximum absolute atomic E-state index is 12.7. The average Bonchev–Trinajstić information content (AvgIpc) is 2.91. The van der Waals surface area contributed by atoms with E-state index in [0.717, 1.165) is 44.5 Å². The lowest BCUT2D eigenvalue weighted by molar-refractivity contribution is -0.156. The predicted molar refractivity (Wildman–Crippen MR) is 122 cm³/mol. The zero-order chi connectivity index (χ0) is 22.9. The third kappa shape index (κ3) is 5.14. The third-order valence-electron chi connectivity index (χ3n) is 7.01. The van der Waals surface area contributed by atoms with Gasteiger partial charge in [0.2, 0.25) is 5.91 Å². The van der Waals surface area contributed by atoms with Crippen molar-refractivity contribution in [1.29, 1.82) is 0 Å². The van der Waals surface area contributed by atoms with Gasteiger partial charge in [-0.3, -0.25) is 24.6 Å². The number of nitrogens with zero attached hydrogens (tertiary/aromatic N) is 1. The molecule has 3 saturated heterocycles. The van der Waals surface area contributed by atoms with Crippen LogP contribution in [-0.4, -0.2) is 53.5 Å². The molecule has 2 bridgehead atoms. The number of piperidine rings is 1. The molecule has 0 atom stereocenters. The first-order valence-corrected chi connectivity index (χ1v) is 11.8. The number of imide groups is 1. The van der Waals surface area contributed by atoms with E-state index in [1.807, 2.05) is 32.9 Å². The van der Waals surface area contributed by atoms with Crippen molar-refractivity contribution in [3.63, 3.8) is 0 Å². The van der Waals surface area contributed by atoms with Crippen LogP contribution in [0.2, 0.25) is 0 Å². The van der Waals surface area contributed by atoms with E-state index in [2.05, 4.69) is 27.7 Å². The molecule has 0 spiro atoms. The van der Waals surface area contributed by atoms with Crippen LogP contribution in [0.25, 0.3) is 0 Å². The molecular weight excluding hydrogens is 406 g/mol. The molecule has 3 aliphatic heterocycles. The maximum atomic E-state index is 12.7. The summed E-state index contributed by atoms with van der Waals surface area (Å²) in [6, 6.07) is 8.36. The molecule has 2 amide bonds. The van der Waals surface area contributed by atoms with Crippen LogP contribution in [0.5, 0.6) is 0 Å². The summed E-state index contributed by atoms with van der Waals surface area (Å²) >= 11 is 0. The van der Waals surface area contributed by atoms with Gasteiger partial charge in [0.15, 0.2) is 0 Å². The number of fused-ring (bicyclic) bond motifs is 4. The minimum atomic E-state index is -0.683. The maximum Gasteiger partial charge on any atom is 0.320 e. The van der Waals surface area contributed by atoms with Gasteiger partial charge in [-0.2, -0.15) is 0 Å². The lowest BCUT2D eigenvalue weighted by atomic mass is 9.77. The van der Waals surface area contributed by atoms with Gasteiger partial charge in [0.05, 0.1) is 6.54 Å². The molecule has 1 aliphatic carbocycles. The highest BCUT2D eigenvalue weighted by molar-refractivity contribution is 6.04. The van der Waals surface area contributed by atoms with Crippen LogP contribution >= 0.6 is 0 Å². The molecule has 5 rings (SSSR count).